The summed E-state index contributed by atoms with van der Waals surface area (Å²) in [4.78, 5) is 2.47. The molecule has 1 heterocycles. The van der Waals surface area contributed by atoms with Crippen LogP contribution < -0.4 is 10.4 Å². The predicted octanol–water partition coefficient (Wildman–Crippen LogP) is 4.21. The molecule has 0 spiro atoms. The largest absolute Gasteiger partial charge is 0.488 e. The van der Waals surface area contributed by atoms with Gasteiger partial charge in [0.2, 0.25) is 0 Å². The Labute approximate surface area is 183 Å². The van der Waals surface area contributed by atoms with Crippen molar-refractivity contribution in [1.29, 1.82) is 0 Å². The van der Waals surface area contributed by atoms with Crippen LogP contribution in [0.15, 0.2) is 85.0 Å². The van der Waals surface area contributed by atoms with E-state index in [1.54, 1.807) is 0 Å². The summed E-state index contributed by atoms with van der Waals surface area (Å²) in [6, 6.07) is 12.6. The second kappa shape index (κ2) is 6.59. The summed E-state index contributed by atoms with van der Waals surface area (Å²) in [5.41, 5.74) is 7.24. The molecule has 4 aliphatic rings. The van der Waals surface area contributed by atoms with E-state index in [1.807, 2.05) is 24.3 Å². The Morgan fingerprint density at radius 1 is 0.774 bits per heavy atom. The molecule has 2 aromatic carbocycles. The Hall–Kier alpha value is -2.82. The lowest BCUT2D eigenvalue weighted by Gasteiger charge is -2.34. The number of rotatable bonds is 2. The summed E-state index contributed by atoms with van der Waals surface area (Å²) in [5, 5.41) is 19.1. The second-order valence-corrected chi connectivity index (χ2v) is 9.63. The first kappa shape index (κ1) is 18.9. The summed E-state index contributed by atoms with van der Waals surface area (Å²) >= 11 is 0. The monoisotopic (exact) mass is 407 g/mol. The Morgan fingerprint density at radius 3 is 2.16 bits per heavy atom. The predicted molar refractivity (Wildman–Crippen MR) is 127 cm³/mol. The van der Waals surface area contributed by atoms with E-state index in [9.17, 15) is 10.0 Å². The summed E-state index contributed by atoms with van der Waals surface area (Å²) in [7, 11) is -1.45. The minimum Gasteiger partial charge on any atom is -0.423 e. The van der Waals surface area contributed by atoms with Crippen LogP contribution in [-0.2, 0) is 5.41 Å². The fourth-order valence-corrected chi connectivity index (χ4v) is 6.25. The molecule has 0 amide bonds. The molecule has 31 heavy (non-hydrogen) atoms. The summed E-state index contributed by atoms with van der Waals surface area (Å²) in [6.45, 7) is 4.77. The highest BCUT2D eigenvalue weighted by molar-refractivity contribution is 6.58. The third-order valence-corrected chi connectivity index (χ3v) is 7.69. The minimum atomic E-state index is -1.45. The zero-order valence-corrected chi connectivity index (χ0v) is 17.8. The maximum Gasteiger partial charge on any atom is 0.488 e. The van der Waals surface area contributed by atoms with Crippen molar-refractivity contribution in [3.63, 3.8) is 0 Å². The molecule has 6 rings (SSSR count). The maximum atomic E-state index is 9.55. The van der Waals surface area contributed by atoms with Gasteiger partial charge in [-0.15, -0.1) is 0 Å². The third-order valence-electron chi connectivity index (χ3n) is 7.69. The molecule has 2 N–H and O–H groups in total. The molecule has 4 heteroatoms. The van der Waals surface area contributed by atoms with Gasteiger partial charge in [-0.2, -0.15) is 0 Å². The van der Waals surface area contributed by atoms with Crippen molar-refractivity contribution in [2.24, 2.45) is 5.92 Å². The van der Waals surface area contributed by atoms with Gasteiger partial charge in [-0.05, 0) is 45.6 Å². The highest BCUT2D eigenvalue weighted by Crippen LogP contribution is 2.60. The first-order valence-electron chi connectivity index (χ1n) is 11.1. The number of anilines is 2. The van der Waals surface area contributed by atoms with E-state index in [-0.39, 0.29) is 11.5 Å². The number of fused-ring (bicyclic) bond motifs is 7. The Bertz CT molecular complexity index is 1170. The van der Waals surface area contributed by atoms with E-state index in [4.69, 9.17) is 0 Å². The molecule has 0 saturated carbocycles. The maximum absolute atomic E-state index is 9.55. The van der Waals surface area contributed by atoms with Gasteiger partial charge in [0.15, 0.2) is 0 Å². The van der Waals surface area contributed by atoms with Gasteiger partial charge in [-0.25, -0.2) is 0 Å². The first-order valence-corrected chi connectivity index (χ1v) is 11.1. The van der Waals surface area contributed by atoms with Crippen molar-refractivity contribution in [3.8, 4) is 0 Å². The van der Waals surface area contributed by atoms with Crippen LogP contribution in [0.5, 0.6) is 0 Å². The molecule has 4 atom stereocenters. The van der Waals surface area contributed by atoms with Crippen LogP contribution in [0.2, 0.25) is 0 Å². The van der Waals surface area contributed by atoms with Gasteiger partial charge in [0, 0.05) is 23.2 Å². The van der Waals surface area contributed by atoms with Gasteiger partial charge in [0.05, 0.1) is 6.04 Å². The Kier molecular flexibility index (Phi) is 4.02. The normalized spacial score (nSPS) is 28.3. The summed E-state index contributed by atoms with van der Waals surface area (Å²) < 4.78 is 0. The van der Waals surface area contributed by atoms with Crippen LogP contribution in [0.4, 0.5) is 11.4 Å². The van der Waals surface area contributed by atoms with Crippen molar-refractivity contribution < 1.29 is 10.0 Å². The lowest BCUT2D eigenvalue weighted by Crippen LogP contribution is -2.32. The average molecular weight is 407 g/mol. The van der Waals surface area contributed by atoms with Gasteiger partial charge in [0.25, 0.3) is 0 Å². The molecule has 3 aliphatic carbocycles. The van der Waals surface area contributed by atoms with Gasteiger partial charge < -0.3 is 14.9 Å². The standard InChI is InChI=1S/C27H26BNO2/c1-27(2)23-9-5-3-7-19(23)21-15-16-22-20-8-4-6-10-24(20)29(26(22)25(21)27)18-13-11-17(12-14-18)28(30)31/h3-16,19-20,23-24,30-31H,1-2H3. The Morgan fingerprint density at radius 2 is 1.42 bits per heavy atom. The van der Waals surface area contributed by atoms with Gasteiger partial charge >= 0.3 is 7.12 Å². The third kappa shape index (κ3) is 2.55. The Balaban J connectivity index is 1.59. The first-order chi connectivity index (χ1) is 15.0. The number of hydrogen-bond acceptors (Lipinski definition) is 3. The van der Waals surface area contributed by atoms with Crippen molar-refractivity contribution >= 4 is 24.0 Å². The molecule has 0 bridgehead atoms. The molecule has 0 aromatic heterocycles. The fourth-order valence-electron chi connectivity index (χ4n) is 6.25. The number of allylic oxidation sites excluding steroid dienone is 6. The van der Waals surface area contributed by atoms with Crippen molar-refractivity contribution in [1.82, 2.24) is 0 Å². The van der Waals surface area contributed by atoms with Crippen LogP contribution in [0, 0.1) is 5.92 Å². The molecule has 2 aromatic rings. The smallest absolute Gasteiger partial charge is 0.423 e. The van der Waals surface area contributed by atoms with E-state index in [0.29, 0.717) is 23.2 Å². The van der Waals surface area contributed by atoms with Gasteiger partial charge in [-0.1, -0.05) is 86.7 Å². The highest BCUT2D eigenvalue weighted by atomic mass is 16.4. The van der Waals surface area contributed by atoms with E-state index in [0.717, 1.165) is 5.69 Å². The number of hydrogen-bond donors (Lipinski definition) is 2. The van der Waals surface area contributed by atoms with E-state index >= 15 is 0 Å². The topological polar surface area (TPSA) is 43.7 Å². The quantitative estimate of drug-likeness (QED) is 0.733. The molecule has 1 aliphatic heterocycles. The SMILES string of the molecule is CC1(C)c2c(ccc3c2N(c2ccc(B(O)O)cc2)C2C=CC=CC32)C2C=CC=CC21. The van der Waals surface area contributed by atoms with Crippen LogP contribution >= 0.6 is 0 Å². The second-order valence-electron chi connectivity index (χ2n) is 9.63. The zero-order valence-electron chi connectivity index (χ0n) is 17.8. The molecule has 154 valence electrons. The van der Waals surface area contributed by atoms with Crippen LogP contribution in [0.25, 0.3) is 0 Å². The van der Waals surface area contributed by atoms with E-state index in [1.165, 1.54) is 22.4 Å². The molecule has 0 radical (unpaired) electrons. The summed E-state index contributed by atoms with van der Waals surface area (Å²) in [5.74, 6) is 1.20. The van der Waals surface area contributed by atoms with Crippen molar-refractivity contribution in [2.45, 2.75) is 37.1 Å². The zero-order chi connectivity index (χ0) is 21.3. The van der Waals surface area contributed by atoms with Gasteiger partial charge in [-0.3, -0.25) is 0 Å². The summed E-state index contributed by atoms with van der Waals surface area (Å²) in [6.07, 6.45) is 18.0. The van der Waals surface area contributed by atoms with E-state index < -0.39 is 7.12 Å². The lowest BCUT2D eigenvalue weighted by molar-refractivity contribution is 0.395. The molecular weight excluding hydrogens is 381 g/mol. The van der Waals surface area contributed by atoms with Crippen LogP contribution in [-0.4, -0.2) is 23.2 Å². The molecule has 4 unspecified atom stereocenters. The molecule has 3 nitrogen and oxygen atoms in total. The minimum absolute atomic E-state index is 0.0208. The van der Waals surface area contributed by atoms with E-state index in [2.05, 4.69) is 79.5 Å². The number of nitrogens with zero attached hydrogens (tertiary/aromatic N) is 1. The van der Waals surface area contributed by atoms with Gasteiger partial charge in [0.1, 0.15) is 0 Å². The molecular formula is C27H26BNO2. The van der Waals surface area contributed by atoms with Crippen LogP contribution in [0.3, 0.4) is 0 Å². The fraction of sp³-hybridized carbons (Fsp3) is 0.259. The lowest BCUT2D eigenvalue weighted by atomic mass is 9.74. The molecule has 0 saturated heterocycles. The van der Waals surface area contributed by atoms with Crippen LogP contribution in [0.1, 0.15) is 42.4 Å². The van der Waals surface area contributed by atoms with Crippen molar-refractivity contribution in [2.75, 3.05) is 4.90 Å². The van der Waals surface area contributed by atoms with Crippen molar-refractivity contribution in [3.05, 3.63) is 102 Å². The highest BCUT2D eigenvalue weighted by Gasteiger charge is 2.50. The number of benzene rings is 2. The average Bonchev–Trinajstić information content (AvgIpc) is 3.24. The molecule has 0 fully saturated rings.